The summed E-state index contributed by atoms with van der Waals surface area (Å²) in [4.78, 5) is 13.5. The fourth-order valence-electron chi connectivity index (χ4n) is 6.62. The van der Waals surface area contributed by atoms with Gasteiger partial charge >= 0.3 is 0 Å². The Kier molecular flexibility index (Phi) is 3.18. The lowest BCUT2D eigenvalue weighted by molar-refractivity contribution is -0.139. The normalized spacial score (nSPS) is 48.5. The molecule has 4 aliphatic carbocycles. The van der Waals surface area contributed by atoms with Crippen LogP contribution < -0.4 is 0 Å². The molecule has 2 heteroatoms. The van der Waals surface area contributed by atoms with Crippen LogP contribution in [0.25, 0.3) is 0 Å². The largest absolute Gasteiger partial charge is 0.299 e. The van der Waals surface area contributed by atoms with Crippen molar-refractivity contribution in [2.75, 3.05) is 0 Å². The fourth-order valence-corrected chi connectivity index (χ4v) is 6.62. The first kappa shape index (κ1) is 13.8. The van der Waals surface area contributed by atoms with Crippen molar-refractivity contribution in [1.82, 2.24) is 0 Å². The van der Waals surface area contributed by atoms with Gasteiger partial charge in [0, 0.05) is 17.3 Å². The highest BCUT2D eigenvalue weighted by molar-refractivity contribution is 5.88. The predicted molar refractivity (Wildman–Crippen MR) is 81.2 cm³/mol. The highest BCUT2D eigenvalue weighted by atomic mass is 16.1. The van der Waals surface area contributed by atoms with Crippen molar-refractivity contribution >= 4 is 5.78 Å². The van der Waals surface area contributed by atoms with Gasteiger partial charge in [-0.1, -0.05) is 12.8 Å². The molecular formula is C19H27NO. The molecule has 4 rings (SSSR count). The zero-order valence-electron chi connectivity index (χ0n) is 13.2. The Morgan fingerprint density at radius 2 is 2.00 bits per heavy atom. The van der Waals surface area contributed by atoms with Gasteiger partial charge in [-0.15, -0.1) is 0 Å². The monoisotopic (exact) mass is 285 g/mol. The number of nitrogens with zero attached hydrogens (tertiary/aromatic N) is 1. The molecule has 21 heavy (non-hydrogen) atoms. The average molecular weight is 285 g/mol. The molecule has 0 aromatic rings. The number of fused-ring (bicyclic) bond motifs is 4. The number of hydrogen-bond acceptors (Lipinski definition) is 2. The first-order valence-electron chi connectivity index (χ1n) is 9.06. The van der Waals surface area contributed by atoms with Crippen LogP contribution in [0.1, 0.15) is 64.7 Å². The summed E-state index contributed by atoms with van der Waals surface area (Å²) in [5, 5.41) is 9.27. The minimum absolute atomic E-state index is 0.0342. The molecule has 114 valence electrons. The summed E-state index contributed by atoms with van der Waals surface area (Å²) in [5.74, 6) is 3.90. The summed E-state index contributed by atoms with van der Waals surface area (Å²) >= 11 is 0. The molecule has 7 unspecified atom stereocenters. The maximum atomic E-state index is 13.5. The van der Waals surface area contributed by atoms with Crippen LogP contribution in [-0.2, 0) is 4.79 Å². The predicted octanol–water partition coefficient (Wildman–Crippen LogP) is 4.35. The van der Waals surface area contributed by atoms with Crippen LogP contribution in [0.2, 0.25) is 0 Å². The number of carbonyl (C=O) groups is 1. The summed E-state index contributed by atoms with van der Waals surface area (Å²) in [7, 11) is 0. The molecule has 0 aliphatic heterocycles. The lowest BCUT2D eigenvalue weighted by atomic mass is 9.61. The molecule has 4 saturated carbocycles. The number of rotatable bonds is 4. The van der Waals surface area contributed by atoms with E-state index in [-0.39, 0.29) is 11.3 Å². The van der Waals surface area contributed by atoms with Gasteiger partial charge < -0.3 is 0 Å². The Bertz CT molecular complexity index is 492. The average Bonchev–Trinajstić information content (AvgIpc) is 3.25. The summed E-state index contributed by atoms with van der Waals surface area (Å²) in [6, 6.07) is 2.40. The lowest BCUT2D eigenvalue weighted by Gasteiger charge is -2.40. The van der Waals surface area contributed by atoms with Gasteiger partial charge in [0.25, 0.3) is 0 Å². The molecule has 2 nitrogen and oxygen atoms in total. The van der Waals surface area contributed by atoms with Crippen LogP contribution in [0.3, 0.4) is 0 Å². The molecule has 0 N–H and O–H groups in total. The van der Waals surface area contributed by atoms with E-state index < -0.39 is 0 Å². The van der Waals surface area contributed by atoms with Gasteiger partial charge in [0.15, 0.2) is 0 Å². The number of Topliss-reactive ketones (excluding diaryl/α,β-unsaturated/α-hetero) is 1. The maximum absolute atomic E-state index is 13.5. The molecule has 4 fully saturated rings. The Balaban J connectivity index is 1.61. The van der Waals surface area contributed by atoms with Gasteiger partial charge in [-0.2, -0.15) is 5.26 Å². The summed E-state index contributed by atoms with van der Waals surface area (Å²) < 4.78 is 0. The zero-order valence-corrected chi connectivity index (χ0v) is 13.2. The summed E-state index contributed by atoms with van der Waals surface area (Å²) in [6.45, 7) is 2.02. The van der Waals surface area contributed by atoms with Crippen molar-refractivity contribution in [3.8, 4) is 6.07 Å². The Labute approximate surface area is 128 Å². The molecule has 0 spiro atoms. The summed E-state index contributed by atoms with van der Waals surface area (Å²) in [6.07, 6.45) is 10.9. The maximum Gasteiger partial charge on any atom is 0.142 e. The molecule has 0 heterocycles. The van der Waals surface area contributed by atoms with E-state index in [2.05, 4.69) is 6.07 Å². The van der Waals surface area contributed by atoms with Crippen LogP contribution in [-0.4, -0.2) is 5.78 Å². The molecule has 0 saturated heterocycles. The minimum Gasteiger partial charge on any atom is -0.299 e. The van der Waals surface area contributed by atoms with Crippen molar-refractivity contribution in [3.63, 3.8) is 0 Å². The minimum atomic E-state index is -0.104. The molecule has 0 aromatic carbocycles. The number of hydrogen-bond donors (Lipinski definition) is 0. The third-order valence-corrected chi connectivity index (χ3v) is 7.43. The number of nitriles is 1. The van der Waals surface area contributed by atoms with Crippen LogP contribution in [0.5, 0.6) is 0 Å². The molecule has 0 amide bonds. The second kappa shape index (κ2) is 4.83. The standard InChI is InChI=1S/C19H27NO/c1-12(11-20)9-19(10-14-3-5-16(19)7-14)18(21)17-8-13-2-4-15(17)6-13/h12-17H,2-10H2,1H3. The van der Waals surface area contributed by atoms with Gasteiger partial charge in [-0.3, -0.25) is 4.79 Å². The van der Waals surface area contributed by atoms with Gasteiger partial charge in [0.1, 0.15) is 5.78 Å². The van der Waals surface area contributed by atoms with E-state index in [0.717, 1.165) is 24.7 Å². The van der Waals surface area contributed by atoms with Crippen molar-refractivity contribution in [2.24, 2.45) is 40.9 Å². The smallest absolute Gasteiger partial charge is 0.142 e. The molecule has 7 atom stereocenters. The second-order valence-electron chi connectivity index (χ2n) is 8.62. The molecule has 4 bridgehead atoms. The van der Waals surface area contributed by atoms with E-state index in [1.807, 2.05) is 6.92 Å². The van der Waals surface area contributed by atoms with Crippen LogP contribution in [0.4, 0.5) is 0 Å². The van der Waals surface area contributed by atoms with Crippen molar-refractivity contribution < 1.29 is 4.79 Å². The van der Waals surface area contributed by atoms with Gasteiger partial charge in [-0.25, -0.2) is 0 Å². The SMILES string of the molecule is CC(C#N)CC1(C(=O)C2CC3CCC2C3)CC2CCC1C2. The molecule has 4 aliphatic rings. The highest BCUT2D eigenvalue weighted by Crippen LogP contribution is 2.62. The van der Waals surface area contributed by atoms with Gasteiger partial charge in [0.2, 0.25) is 0 Å². The topological polar surface area (TPSA) is 40.9 Å². The summed E-state index contributed by atoms with van der Waals surface area (Å²) in [5.41, 5.74) is -0.104. The number of ketones is 1. The van der Waals surface area contributed by atoms with Gasteiger partial charge in [-0.05, 0) is 75.5 Å². The van der Waals surface area contributed by atoms with E-state index in [9.17, 15) is 10.1 Å². The first-order chi connectivity index (χ1) is 10.1. The highest BCUT2D eigenvalue weighted by Gasteiger charge is 2.58. The van der Waals surface area contributed by atoms with Crippen molar-refractivity contribution in [2.45, 2.75) is 64.7 Å². The van der Waals surface area contributed by atoms with E-state index in [1.54, 1.807) is 0 Å². The third-order valence-electron chi connectivity index (χ3n) is 7.43. The van der Waals surface area contributed by atoms with E-state index in [4.69, 9.17) is 0 Å². The molecule has 0 radical (unpaired) electrons. The Hall–Kier alpha value is -0.840. The third kappa shape index (κ3) is 2.00. The van der Waals surface area contributed by atoms with Crippen molar-refractivity contribution in [1.29, 1.82) is 5.26 Å². The Morgan fingerprint density at radius 1 is 1.19 bits per heavy atom. The van der Waals surface area contributed by atoms with Gasteiger partial charge in [0.05, 0.1) is 6.07 Å². The molecular weight excluding hydrogens is 258 g/mol. The quantitative estimate of drug-likeness (QED) is 0.770. The molecule has 0 aromatic heterocycles. The van der Waals surface area contributed by atoms with Crippen LogP contribution in [0, 0.1) is 52.3 Å². The second-order valence-corrected chi connectivity index (χ2v) is 8.62. The Morgan fingerprint density at radius 3 is 2.52 bits per heavy atom. The van der Waals surface area contributed by atoms with E-state index in [1.165, 1.54) is 44.9 Å². The lowest BCUT2D eigenvalue weighted by Crippen LogP contribution is -2.43. The van der Waals surface area contributed by atoms with E-state index in [0.29, 0.717) is 23.5 Å². The van der Waals surface area contributed by atoms with E-state index >= 15 is 0 Å². The zero-order chi connectivity index (χ0) is 14.6. The number of carbonyl (C=O) groups excluding carboxylic acids is 1. The van der Waals surface area contributed by atoms with Crippen LogP contribution in [0.15, 0.2) is 0 Å². The van der Waals surface area contributed by atoms with Crippen molar-refractivity contribution in [3.05, 3.63) is 0 Å². The first-order valence-corrected chi connectivity index (χ1v) is 9.06. The fraction of sp³-hybridized carbons (Fsp3) is 0.895. The van der Waals surface area contributed by atoms with Crippen LogP contribution >= 0.6 is 0 Å².